The smallest absolute Gasteiger partial charge is 0.134 e. The molecule has 3 rings (SSSR count). The standard InChI is InChI=1S/C14H22N4O2/c19-9-11-3-1-5-18(11)14-7-13(16-10-17-14)15-8-12-4-2-6-20-12/h7,10-12,19H,1-6,8-9H2,(H,15,16,17)/t11-,12+/m1/s1. The first-order valence-corrected chi connectivity index (χ1v) is 7.42. The predicted molar refractivity (Wildman–Crippen MR) is 76.9 cm³/mol. The van der Waals surface area contributed by atoms with E-state index in [9.17, 15) is 5.11 Å². The van der Waals surface area contributed by atoms with Crippen LogP contribution in [0.5, 0.6) is 0 Å². The van der Waals surface area contributed by atoms with Gasteiger partial charge in [0, 0.05) is 25.8 Å². The molecule has 1 aromatic heterocycles. The van der Waals surface area contributed by atoms with Gasteiger partial charge in [0.1, 0.15) is 18.0 Å². The Bertz CT molecular complexity index is 437. The zero-order valence-corrected chi connectivity index (χ0v) is 11.7. The van der Waals surface area contributed by atoms with E-state index in [0.717, 1.165) is 57.0 Å². The lowest BCUT2D eigenvalue weighted by atomic mass is 10.2. The van der Waals surface area contributed by atoms with Crippen molar-refractivity contribution in [3.05, 3.63) is 12.4 Å². The molecule has 2 fully saturated rings. The molecule has 0 aliphatic carbocycles. The maximum absolute atomic E-state index is 9.40. The van der Waals surface area contributed by atoms with Crippen molar-refractivity contribution in [3.63, 3.8) is 0 Å². The third-order valence-electron chi connectivity index (χ3n) is 4.07. The van der Waals surface area contributed by atoms with Crippen molar-refractivity contribution in [2.24, 2.45) is 0 Å². The first kappa shape index (κ1) is 13.6. The van der Waals surface area contributed by atoms with Crippen LogP contribution in [0.15, 0.2) is 12.4 Å². The van der Waals surface area contributed by atoms with Crippen LogP contribution in [0.3, 0.4) is 0 Å². The minimum Gasteiger partial charge on any atom is -0.394 e. The van der Waals surface area contributed by atoms with E-state index in [1.807, 2.05) is 6.07 Å². The molecule has 2 saturated heterocycles. The van der Waals surface area contributed by atoms with Gasteiger partial charge in [0.2, 0.25) is 0 Å². The molecule has 1 aromatic rings. The number of aliphatic hydroxyl groups is 1. The molecule has 6 heteroatoms. The van der Waals surface area contributed by atoms with Gasteiger partial charge in [0.05, 0.1) is 18.8 Å². The topological polar surface area (TPSA) is 70.5 Å². The van der Waals surface area contributed by atoms with Gasteiger partial charge in [-0.2, -0.15) is 0 Å². The van der Waals surface area contributed by atoms with Crippen molar-refractivity contribution in [1.82, 2.24) is 9.97 Å². The molecule has 0 unspecified atom stereocenters. The van der Waals surface area contributed by atoms with Crippen molar-refractivity contribution in [2.75, 3.05) is 36.5 Å². The maximum atomic E-state index is 9.40. The van der Waals surface area contributed by atoms with Crippen LogP contribution >= 0.6 is 0 Å². The summed E-state index contributed by atoms with van der Waals surface area (Å²) in [6, 6.07) is 2.15. The molecule has 0 radical (unpaired) electrons. The van der Waals surface area contributed by atoms with E-state index in [4.69, 9.17) is 4.74 Å². The summed E-state index contributed by atoms with van der Waals surface area (Å²) in [5, 5.41) is 12.7. The van der Waals surface area contributed by atoms with Gasteiger partial charge in [-0.1, -0.05) is 0 Å². The predicted octanol–water partition coefficient (Wildman–Crippen LogP) is 1.03. The van der Waals surface area contributed by atoms with Gasteiger partial charge in [0.25, 0.3) is 0 Å². The Morgan fingerprint density at radius 2 is 2.30 bits per heavy atom. The summed E-state index contributed by atoms with van der Waals surface area (Å²) in [6.45, 7) is 2.79. The fourth-order valence-electron chi connectivity index (χ4n) is 2.95. The van der Waals surface area contributed by atoms with Crippen molar-refractivity contribution < 1.29 is 9.84 Å². The Morgan fingerprint density at radius 3 is 3.10 bits per heavy atom. The highest BCUT2D eigenvalue weighted by Crippen LogP contribution is 2.24. The second-order valence-electron chi connectivity index (χ2n) is 5.45. The van der Waals surface area contributed by atoms with E-state index >= 15 is 0 Å². The fourth-order valence-corrected chi connectivity index (χ4v) is 2.95. The van der Waals surface area contributed by atoms with Crippen LogP contribution in [0.4, 0.5) is 11.6 Å². The zero-order chi connectivity index (χ0) is 13.8. The van der Waals surface area contributed by atoms with Gasteiger partial charge < -0.3 is 20.1 Å². The maximum Gasteiger partial charge on any atom is 0.134 e. The Labute approximate surface area is 119 Å². The van der Waals surface area contributed by atoms with E-state index in [1.54, 1.807) is 6.33 Å². The molecule has 2 aliphatic rings. The molecule has 0 spiro atoms. The lowest BCUT2D eigenvalue weighted by Crippen LogP contribution is -2.32. The van der Waals surface area contributed by atoms with E-state index < -0.39 is 0 Å². The molecule has 20 heavy (non-hydrogen) atoms. The highest BCUT2D eigenvalue weighted by Gasteiger charge is 2.25. The van der Waals surface area contributed by atoms with Gasteiger partial charge in [-0.15, -0.1) is 0 Å². The number of nitrogens with zero attached hydrogens (tertiary/aromatic N) is 3. The summed E-state index contributed by atoms with van der Waals surface area (Å²) < 4.78 is 5.59. The molecule has 2 atom stereocenters. The minimum absolute atomic E-state index is 0.183. The van der Waals surface area contributed by atoms with E-state index in [1.165, 1.54) is 0 Å². The number of rotatable bonds is 5. The molecular formula is C14H22N4O2. The van der Waals surface area contributed by atoms with Gasteiger partial charge >= 0.3 is 0 Å². The second kappa shape index (κ2) is 6.37. The lowest BCUT2D eigenvalue weighted by Gasteiger charge is -2.24. The first-order chi connectivity index (χ1) is 9.86. The van der Waals surface area contributed by atoms with Crippen LogP contribution < -0.4 is 10.2 Å². The number of aromatic nitrogens is 2. The number of hydrogen-bond donors (Lipinski definition) is 2. The van der Waals surface area contributed by atoms with Gasteiger partial charge in [-0.25, -0.2) is 9.97 Å². The van der Waals surface area contributed by atoms with Crippen LogP contribution in [-0.2, 0) is 4.74 Å². The lowest BCUT2D eigenvalue weighted by molar-refractivity contribution is 0.120. The first-order valence-electron chi connectivity index (χ1n) is 7.42. The minimum atomic E-state index is 0.183. The summed E-state index contributed by atoms with van der Waals surface area (Å²) in [4.78, 5) is 10.8. The largest absolute Gasteiger partial charge is 0.394 e. The monoisotopic (exact) mass is 278 g/mol. The highest BCUT2D eigenvalue weighted by molar-refractivity contribution is 5.49. The number of anilines is 2. The quantitative estimate of drug-likeness (QED) is 0.838. The summed E-state index contributed by atoms with van der Waals surface area (Å²) in [5.74, 6) is 1.72. The average Bonchev–Trinajstić information content (AvgIpc) is 3.16. The van der Waals surface area contributed by atoms with Crippen LogP contribution in [0.25, 0.3) is 0 Å². The van der Waals surface area contributed by atoms with Crippen molar-refractivity contribution in [3.8, 4) is 0 Å². The number of aliphatic hydroxyl groups excluding tert-OH is 1. The fraction of sp³-hybridized carbons (Fsp3) is 0.714. The molecule has 3 heterocycles. The molecule has 2 aliphatic heterocycles. The summed E-state index contributed by atoms with van der Waals surface area (Å²) >= 11 is 0. The third-order valence-corrected chi connectivity index (χ3v) is 4.07. The molecule has 2 N–H and O–H groups in total. The van der Waals surface area contributed by atoms with E-state index in [0.29, 0.717) is 6.10 Å². The Morgan fingerprint density at radius 1 is 1.35 bits per heavy atom. The van der Waals surface area contributed by atoms with Gasteiger partial charge in [-0.3, -0.25) is 0 Å². The molecular weight excluding hydrogens is 256 g/mol. The van der Waals surface area contributed by atoms with Crippen LogP contribution in [0.1, 0.15) is 25.7 Å². The van der Waals surface area contributed by atoms with Crippen molar-refractivity contribution in [2.45, 2.75) is 37.8 Å². The van der Waals surface area contributed by atoms with Crippen molar-refractivity contribution in [1.29, 1.82) is 0 Å². The molecule has 6 nitrogen and oxygen atoms in total. The van der Waals surface area contributed by atoms with Gasteiger partial charge in [-0.05, 0) is 25.7 Å². The molecule has 0 amide bonds. The zero-order valence-electron chi connectivity index (χ0n) is 11.7. The second-order valence-corrected chi connectivity index (χ2v) is 5.45. The van der Waals surface area contributed by atoms with Crippen molar-refractivity contribution >= 4 is 11.6 Å². The van der Waals surface area contributed by atoms with E-state index in [2.05, 4.69) is 20.2 Å². The summed E-state index contributed by atoms with van der Waals surface area (Å²) in [6.07, 6.45) is 6.27. The molecule has 0 bridgehead atoms. The Hall–Kier alpha value is -1.40. The summed E-state index contributed by atoms with van der Waals surface area (Å²) in [5.41, 5.74) is 0. The molecule has 0 saturated carbocycles. The van der Waals surface area contributed by atoms with E-state index in [-0.39, 0.29) is 12.6 Å². The Balaban J connectivity index is 1.63. The van der Waals surface area contributed by atoms with Crippen LogP contribution in [0, 0.1) is 0 Å². The molecule has 110 valence electrons. The normalized spacial score (nSPS) is 26.1. The number of ether oxygens (including phenoxy) is 1. The number of hydrogen-bond acceptors (Lipinski definition) is 6. The number of nitrogens with one attached hydrogen (secondary N) is 1. The highest BCUT2D eigenvalue weighted by atomic mass is 16.5. The van der Waals surface area contributed by atoms with Crippen LogP contribution in [-0.4, -0.2) is 53.5 Å². The average molecular weight is 278 g/mol. The summed E-state index contributed by atoms with van der Waals surface area (Å²) in [7, 11) is 0. The SMILES string of the molecule is OC[C@H]1CCCN1c1cc(NC[C@@H]2CCCO2)ncn1. The molecule has 0 aromatic carbocycles. The van der Waals surface area contributed by atoms with Gasteiger partial charge in [0.15, 0.2) is 0 Å². The van der Waals surface area contributed by atoms with Crippen LogP contribution in [0.2, 0.25) is 0 Å². The third kappa shape index (κ3) is 3.02. The Kier molecular flexibility index (Phi) is 4.32.